The van der Waals surface area contributed by atoms with Crippen LogP contribution in [0.2, 0.25) is 0 Å². The second-order valence-corrected chi connectivity index (χ2v) is 4.69. The molecule has 1 unspecified atom stereocenters. The molecule has 1 aromatic carbocycles. The third-order valence-electron chi connectivity index (χ3n) is 3.13. The van der Waals surface area contributed by atoms with Crippen LogP contribution in [-0.2, 0) is 0 Å². The minimum atomic E-state index is -0.409. The van der Waals surface area contributed by atoms with Crippen LogP contribution in [0.3, 0.4) is 0 Å². The van der Waals surface area contributed by atoms with Crippen LogP contribution in [0.1, 0.15) is 28.8 Å². The number of anilines is 1. The van der Waals surface area contributed by atoms with Crippen molar-refractivity contribution in [3.8, 4) is 0 Å². The molecule has 92 valence electrons. The van der Waals surface area contributed by atoms with E-state index >= 15 is 0 Å². The number of carbonyl (C=O) groups is 1. The molecule has 17 heavy (non-hydrogen) atoms. The Morgan fingerprint density at radius 3 is 2.88 bits per heavy atom. The Bertz CT molecular complexity index is 427. The fourth-order valence-electron chi connectivity index (χ4n) is 1.88. The summed E-state index contributed by atoms with van der Waals surface area (Å²) in [6.07, 6.45) is 1.73. The van der Waals surface area contributed by atoms with Gasteiger partial charge in [-0.1, -0.05) is 0 Å². The Labute approximate surface area is 101 Å². The molecule has 0 aromatic heterocycles. The van der Waals surface area contributed by atoms with Crippen LogP contribution in [0.25, 0.3) is 0 Å². The Morgan fingerprint density at radius 1 is 1.59 bits per heavy atom. The molecule has 4 N–H and O–H groups in total. The number of amides is 1. The summed E-state index contributed by atoms with van der Waals surface area (Å²) in [6, 6.07) is 5.19. The van der Waals surface area contributed by atoms with Crippen LogP contribution in [0.4, 0.5) is 5.69 Å². The number of nitrogens with two attached hydrogens (primary N) is 1. The minimum Gasteiger partial charge on any atom is -0.399 e. The van der Waals surface area contributed by atoms with E-state index in [1.54, 1.807) is 18.2 Å². The zero-order chi connectivity index (χ0) is 12.4. The van der Waals surface area contributed by atoms with Crippen molar-refractivity contribution >= 4 is 11.6 Å². The topological polar surface area (TPSA) is 75.4 Å². The number of nitrogen functional groups attached to an aromatic ring is 1. The van der Waals surface area contributed by atoms with Gasteiger partial charge in [0.1, 0.15) is 0 Å². The average Bonchev–Trinajstić information content (AvgIpc) is 3.09. The third kappa shape index (κ3) is 2.97. The molecule has 1 atom stereocenters. The summed E-state index contributed by atoms with van der Waals surface area (Å²) in [6.45, 7) is 2.18. The molecule has 0 bridgehead atoms. The molecule has 4 heteroatoms. The molecule has 1 fully saturated rings. The average molecular weight is 234 g/mol. The van der Waals surface area contributed by atoms with Crippen LogP contribution in [0.15, 0.2) is 18.2 Å². The molecular formula is C13H18N2O2. The van der Waals surface area contributed by atoms with Crippen LogP contribution in [0.5, 0.6) is 0 Å². The normalized spacial score (nSPS) is 16.6. The molecule has 1 saturated carbocycles. The number of hydrogen-bond donors (Lipinski definition) is 3. The van der Waals surface area contributed by atoms with Crippen molar-refractivity contribution in [1.29, 1.82) is 0 Å². The van der Waals surface area contributed by atoms with E-state index in [1.807, 2.05) is 6.92 Å². The highest BCUT2D eigenvalue weighted by atomic mass is 16.3. The van der Waals surface area contributed by atoms with Crippen molar-refractivity contribution < 1.29 is 9.90 Å². The largest absolute Gasteiger partial charge is 0.399 e. The van der Waals surface area contributed by atoms with E-state index in [4.69, 9.17) is 5.73 Å². The number of aryl methyl sites for hydroxylation is 1. The first kappa shape index (κ1) is 11.9. The van der Waals surface area contributed by atoms with Crippen LogP contribution in [-0.4, -0.2) is 23.7 Å². The monoisotopic (exact) mass is 234 g/mol. The summed E-state index contributed by atoms with van der Waals surface area (Å²) in [7, 11) is 0. The predicted octanol–water partition coefficient (Wildman–Crippen LogP) is 1.08. The number of aliphatic hydroxyl groups excluding tert-OH is 1. The van der Waals surface area contributed by atoms with Gasteiger partial charge in [0, 0.05) is 17.8 Å². The van der Waals surface area contributed by atoms with Gasteiger partial charge in [-0.25, -0.2) is 0 Å². The van der Waals surface area contributed by atoms with Gasteiger partial charge in [0.25, 0.3) is 5.91 Å². The molecule has 1 aliphatic carbocycles. The minimum absolute atomic E-state index is 0.151. The highest BCUT2D eigenvalue weighted by Crippen LogP contribution is 2.32. The molecular weight excluding hydrogens is 216 g/mol. The quantitative estimate of drug-likeness (QED) is 0.682. The van der Waals surface area contributed by atoms with Crippen molar-refractivity contribution in [2.45, 2.75) is 25.9 Å². The number of aliphatic hydroxyl groups is 1. The summed E-state index contributed by atoms with van der Waals surface area (Å²) < 4.78 is 0. The van der Waals surface area contributed by atoms with E-state index < -0.39 is 6.10 Å². The third-order valence-corrected chi connectivity index (χ3v) is 3.13. The van der Waals surface area contributed by atoms with Crippen LogP contribution < -0.4 is 11.1 Å². The van der Waals surface area contributed by atoms with E-state index in [-0.39, 0.29) is 5.91 Å². The van der Waals surface area contributed by atoms with E-state index in [9.17, 15) is 9.90 Å². The summed E-state index contributed by atoms with van der Waals surface area (Å²) >= 11 is 0. The summed E-state index contributed by atoms with van der Waals surface area (Å²) in [5, 5.41) is 12.4. The first-order valence-corrected chi connectivity index (χ1v) is 5.90. The summed E-state index contributed by atoms with van der Waals surface area (Å²) in [5.41, 5.74) is 7.74. The Kier molecular flexibility index (Phi) is 3.33. The second-order valence-electron chi connectivity index (χ2n) is 4.69. The van der Waals surface area contributed by atoms with Gasteiger partial charge in [-0.2, -0.15) is 0 Å². The Morgan fingerprint density at radius 2 is 2.29 bits per heavy atom. The number of carbonyl (C=O) groups excluding carboxylic acids is 1. The zero-order valence-electron chi connectivity index (χ0n) is 9.94. The highest BCUT2D eigenvalue weighted by molar-refractivity contribution is 5.96. The second kappa shape index (κ2) is 4.75. The molecule has 0 spiro atoms. The molecule has 1 amide bonds. The van der Waals surface area contributed by atoms with E-state index in [0.29, 0.717) is 23.7 Å². The highest BCUT2D eigenvalue weighted by Gasteiger charge is 2.29. The lowest BCUT2D eigenvalue weighted by atomic mass is 10.1. The fraction of sp³-hybridized carbons (Fsp3) is 0.462. The van der Waals surface area contributed by atoms with Crippen LogP contribution in [0, 0.1) is 12.8 Å². The van der Waals surface area contributed by atoms with Gasteiger partial charge in [-0.15, -0.1) is 0 Å². The van der Waals surface area contributed by atoms with Gasteiger partial charge in [-0.3, -0.25) is 4.79 Å². The molecule has 1 aliphatic rings. The number of nitrogens with one attached hydrogen (secondary N) is 1. The molecule has 0 saturated heterocycles. The molecule has 4 nitrogen and oxygen atoms in total. The lowest BCUT2D eigenvalue weighted by molar-refractivity contribution is 0.0900. The molecule has 2 rings (SSSR count). The summed E-state index contributed by atoms with van der Waals surface area (Å²) in [5.74, 6) is 0.227. The maximum atomic E-state index is 11.9. The molecule has 0 radical (unpaired) electrons. The maximum Gasteiger partial charge on any atom is 0.251 e. The lowest BCUT2D eigenvalue weighted by Crippen LogP contribution is -2.33. The Balaban J connectivity index is 1.94. The van der Waals surface area contributed by atoms with Crippen molar-refractivity contribution in [3.05, 3.63) is 29.3 Å². The van der Waals surface area contributed by atoms with Crippen molar-refractivity contribution in [3.63, 3.8) is 0 Å². The fourth-order valence-corrected chi connectivity index (χ4v) is 1.88. The molecule has 1 aromatic rings. The van der Waals surface area contributed by atoms with Gasteiger partial charge in [0.2, 0.25) is 0 Å². The van der Waals surface area contributed by atoms with Crippen molar-refractivity contribution in [1.82, 2.24) is 5.32 Å². The summed E-state index contributed by atoms with van der Waals surface area (Å²) in [4.78, 5) is 11.9. The number of hydrogen-bond acceptors (Lipinski definition) is 3. The van der Waals surface area contributed by atoms with Gasteiger partial charge in [-0.05, 0) is 49.4 Å². The van der Waals surface area contributed by atoms with Gasteiger partial charge in [0.15, 0.2) is 0 Å². The SMILES string of the molecule is Cc1cc(N)ccc1C(=O)NCC(O)C1CC1. The lowest BCUT2D eigenvalue weighted by Gasteiger charge is -2.12. The van der Waals surface area contributed by atoms with Gasteiger partial charge < -0.3 is 16.2 Å². The number of benzene rings is 1. The van der Waals surface area contributed by atoms with Crippen LogP contribution >= 0.6 is 0 Å². The maximum absolute atomic E-state index is 11.9. The molecule has 0 aliphatic heterocycles. The standard InChI is InChI=1S/C13H18N2O2/c1-8-6-10(14)4-5-11(8)13(17)15-7-12(16)9-2-3-9/h4-6,9,12,16H,2-3,7,14H2,1H3,(H,15,17). The Hall–Kier alpha value is -1.55. The van der Waals surface area contributed by atoms with Crippen molar-refractivity contribution in [2.75, 3.05) is 12.3 Å². The van der Waals surface area contributed by atoms with Gasteiger partial charge in [0.05, 0.1) is 6.10 Å². The number of rotatable bonds is 4. The van der Waals surface area contributed by atoms with Gasteiger partial charge >= 0.3 is 0 Å². The molecule has 0 heterocycles. The zero-order valence-corrected chi connectivity index (χ0v) is 9.94. The first-order chi connectivity index (χ1) is 8.08. The first-order valence-electron chi connectivity index (χ1n) is 5.90. The predicted molar refractivity (Wildman–Crippen MR) is 66.7 cm³/mol. The van der Waals surface area contributed by atoms with Crippen molar-refractivity contribution in [2.24, 2.45) is 5.92 Å². The van der Waals surface area contributed by atoms with E-state index in [1.165, 1.54) is 0 Å². The van der Waals surface area contributed by atoms with E-state index in [0.717, 1.165) is 18.4 Å². The smallest absolute Gasteiger partial charge is 0.251 e. The van der Waals surface area contributed by atoms with E-state index in [2.05, 4.69) is 5.32 Å².